The first-order chi connectivity index (χ1) is 7.20. The van der Waals surface area contributed by atoms with E-state index in [2.05, 4.69) is 26.0 Å². The van der Waals surface area contributed by atoms with E-state index in [0.717, 1.165) is 21.7 Å². The van der Waals surface area contributed by atoms with Crippen LogP contribution in [0.15, 0.2) is 29.0 Å². The van der Waals surface area contributed by atoms with Crippen molar-refractivity contribution in [3.8, 4) is 11.4 Å². The van der Waals surface area contributed by atoms with Gasteiger partial charge in [-0.3, -0.25) is 0 Å². The fraction of sp³-hybridized carbons (Fsp3) is 0.200. The molecule has 4 nitrogen and oxygen atoms in total. The third-order valence-corrected chi connectivity index (χ3v) is 2.49. The molecule has 0 aliphatic carbocycles. The summed E-state index contributed by atoms with van der Waals surface area (Å²) in [5.41, 5.74) is 0.876. The Morgan fingerprint density at radius 2 is 2.20 bits per heavy atom. The highest BCUT2D eigenvalue weighted by Gasteiger charge is 2.06. The zero-order valence-electron chi connectivity index (χ0n) is 8.44. The van der Waals surface area contributed by atoms with E-state index in [0.29, 0.717) is 0 Å². The van der Waals surface area contributed by atoms with E-state index in [4.69, 9.17) is 4.74 Å². The molecule has 1 heterocycles. The Morgan fingerprint density at radius 1 is 1.40 bits per heavy atom. The van der Waals surface area contributed by atoms with Crippen LogP contribution >= 0.6 is 15.9 Å². The molecule has 0 saturated heterocycles. The molecule has 2 aromatic rings. The molecule has 0 aliphatic rings. The molecule has 0 N–H and O–H groups in total. The number of rotatable bonds is 2. The van der Waals surface area contributed by atoms with Crippen molar-refractivity contribution in [2.45, 2.75) is 6.92 Å². The van der Waals surface area contributed by atoms with E-state index in [1.165, 1.54) is 0 Å². The molecule has 1 aromatic heterocycles. The molecule has 15 heavy (non-hydrogen) atoms. The second kappa shape index (κ2) is 4.02. The number of benzene rings is 1. The second-order valence-electron chi connectivity index (χ2n) is 3.05. The van der Waals surface area contributed by atoms with Crippen LogP contribution in [-0.2, 0) is 0 Å². The van der Waals surface area contributed by atoms with Crippen LogP contribution in [0.5, 0.6) is 5.75 Å². The van der Waals surface area contributed by atoms with E-state index in [-0.39, 0.29) is 0 Å². The summed E-state index contributed by atoms with van der Waals surface area (Å²) in [7, 11) is 1.63. The molecule has 0 spiro atoms. The van der Waals surface area contributed by atoms with Crippen LogP contribution in [0.1, 0.15) is 5.82 Å². The summed E-state index contributed by atoms with van der Waals surface area (Å²) in [6.07, 6.45) is 1.67. The van der Waals surface area contributed by atoms with E-state index < -0.39 is 0 Å². The highest BCUT2D eigenvalue weighted by Crippen LogP contribution is 2.25. The first kappa shape index (κ1) is 10.2. The average Bonchev–Trinajstić information content (AvgIpc) is 2.64. The number of ether oxygens (including phenoxy) is 1. The number of hydrogen-bond acceptors (Lipinski definition) is 3. The molecule has 1 aromatic carbocycles. The fourth-order valence-corrected chi connectivity index (χ4v) is 1.64. The number of nitrogens with zero attached hydrogens (tertiary/aromatic N) is 3. The number of aryl methyl sites for hydroxylation is 1. The Bertz CT molecular complexity index is 481. The van der Waals surface area contributed by atoms with Gasteiger partial charge >= 0.3 is 0 Å². The molecular weight excluding hydrogens is 258 g/mol. The maximum atomic E-state index is 5.27. The SMILES string of the molecule is COc1cc(Br)ccc1-n1cnc(C)n1. The van der Waals surface area contributed by atoms with Gasteiger partial charge in [-0.25, -0.2) is 9.67 Å². The highest BCUT2D eigenvalue weighted by molar-refractivity contribution is 9.10. The lowest BCUT2D eigenvalue weighted by Gasteiger charge is -2.07. The Morgan fingerprint density at radius 3 is 2.80 bits per heavy atom. The van der Waals surface area contributed by atoms with Crippen LogP contribution in [0.2, 0.25) is 0 Å². The van der Waals surface area contributed by atoms with Gasteiger partial charge in [0, 0.05) is 4.47 Å². The molecule has 5 heteroatoms. The van der Waals surface area contributed by atoms with E-state index in [1.54, 1.807) is 18.1 Å². The topological polar surface area (TPSA) is 39.9 Å². The summed E-state index contributed by atoms with van der Waals surface area (Å²) in [6.45, 7) is 1.85. The summed E-state index contributed by atoms with van der Waals surface area (Å²) in [5, 5.41) is 4.23. The number of halogens is 1. The standard InChI is InChI=1S/C10H10BrN3O/c1-7-12-6-14(13-7)9-4-3-8(11)5-10(9)15-2/h3-6H,1-2H3. The molecule has 0 aliphatic heterocycles. The van der Waals surface area contributed by atoms with Gasteiger partial charge in [-0.15, -0.1) is 0 Å². The zero-order valence-corrected chi connectivity index (χ0v) is 10.0. The van der Waals surface area contributed by atoms with Crippen molar-refractivity contribution in [1.29, 1.82) is 0 Å². The van der Waals surface area contributed by atoms with Gasteiger partial charge in [-0.05, 0) is 25.1 Å². The van der Waals surface area contributed by atoms with E-state index in [9.17, 15) is 0 Å². The second-order valence-corrected chi connectivity index (χ2v) is 3.97. The Hall–Kier alpha value is -1.36. The normalized spacial score (nSPS) is 10.3. The smallest absolute Gasteiger partial charge is 0.147 e. The van der Waals surface area contributed by atoms with Crippen LogP contribution in [0, 0.1) is 6.92 Å². The van der Waals surface area contributed by atoms with Gasteiger partial charge in [0.2, 0.25) is 0 Å². The van der Waals surface area contributed by atoms with Gasteiger partial charge in [0.05, 0.1) is 7.11 Å². The molecular formula is C10H10BrN3O. The predicted octanol–water partition coefficient (Wildman–Crippen LogP) is 2.35. The zero-order chi connectivity index (χ0) is 10.8. The minimum atomic E-state index is 0.736. The molecule has 0 bridgehead atoms. The Labute approximate surface area is 96.0 Å². The number of methoxy groups -OCH3 is 1. The van der Waals surface area contributed by atoms with Crippen LogP contribution in [0.25, 0.3) is 5.69 Å². The summed E-state index contributed by atoms with van der Waals surface area (Å²) < 4.78 is 7.94. The summed E-state index contributed by atoms with van der Waals surface area (Å²) in [4.78, 5) is 4.08. The lowest BCUT2D eigenvalue weighted by Crippen LogP contribution is -1.98. The van der Waals surface area contributed by atoms with Crippen molar-refractivity contribution in [1.82, 2.24) is 14.8 Å². The first-order valence-corrected chi connectivity index (χ1v) is 5.22. The molecule has 0 atom stereocenters. The van der Waals surface area contributed by atoms with Crippen LogP contribution in [0.3, 0.4) is 0 Å². The molecule has 0 saturated carbocycles. The van der Waals surface area contributed by atoms with Crippen molar-refractivity contribution < 1.29 is 4.74 Å². The third-order valence-electron chi connectivity index (χ3n) is 1.99. The fourth-order valence-electron chi connectivity index (χ4n) is 1.30. The minimum Gasteiger partial charge on any atom is -0.494 e. The highest BCUT2D eigenvalue weighted by atomic mass is 79.9. The molecule has 78 valence electrons. The molecule has 0 amide bonds. The van der Waals surface area contributed by atoms with Crippen molar-refractivity contribution in [3.05, 3.63) is 34.8 Å². The quantitative estimate of drug-likeness (QED) is 0.839. The Kier molecular flexibility index (Phi) is 2.73. The van der Waals surface area contributed by atoms with Crippen molar-refractivity contribution >= 4 is 15.9 Å². The number of aromatic nitrogens is 3. The molecule has 0 fully saturated rings. The van der Waals surface area contributed by atoms with E-state index in [1.807, 2.05) is 25.1 Å². The lowest BCUT2D eigenvalue weighted by molar-refractivity contribution is 0.411. The monoisotopic (exact) mass is 267 g/mol. The van der Waals surface area contributed by atoms with Crippen LogP contribution in [-0.4, -0.2) is 21.9 Å². The molecule has 0 radical (unpaired) electrons. The van der Waals surface area contributed by atoms with Crippen LogP contribution < -0.4 is 4.74 Å². The van der Waals surface area contributed by atoms with E-state index >= 15 is 0 Å². The van der Waals surface area contributed by atoms with Gasteiger partial charge in [0.1, 0.15) is 23.6 Å². The van der Waals surface area contributed by atoms with Gasteiger partial charge < -0.3 is 4.74 Å². The third kappa shape index (κ3) is 2.02. The summed E-state index contributed by atoms with van der Waals surface area (Å²) in [6, 6.07) is 5.76. The van der Waals surface area contributed by atoms with Gasteiger partial charge in [-0.1, -0.05) is 15.9 Å². The Balaban J connectivity index is 2.52. The number of hydrogen-bond donors (Lipinski definition) is 0. The summed E-state index contributed by atoms with van der Waals surface area (Å²) in [5.74, 6) is 1.49. The van der Waals surface area contributed by atoms with Crippen molar-refractivity contribution in [2.24, 2.45) is 0 Å². The molecule has 0 unspecified atom stereocenters. The predicted molar refractivity (Wildman–Crippen MR) is 60.3 cm³/mol. The average molecular weight is 268 g/mol. The minimum absolute atomic E-state index is 0.736. The molecule has 2 rings (SSSR count). The maximum absolute atomic E-state index is 5.27. The van der Waals surface area contributed by atoms with Gasteiger partial charge in [-0.2, -0.15) is 5.10 Å². The van der Waals surface area contributed by atoms with Gasteiger partial charge in [0.25, 0.3) is 0 Å². The maximum Gasteiger partial charge on any atom is 0.147 e. The largest absolute Gasteiger partial charge is 0.494 e. The summed E-state index contributed by atoms with van der Waals surface area (Å²) >= 11 is 3.39. The van der Waals surface area contributed by atoms with Crippen molar-refractivity contribution in [2.75, 3.05) is 7.11 Å². The van der Waals surface area contributed by atoms with Crippen LogP contribution in [0.4, 0.5) is 0 Å². The first-order valence-electron chi connectivity index (χ1n) is 4.43. The van der Waals surface area contributed by atoms with Gasteiger partial charge in [0.15, 0.2) is 0 Å². The lowest BCUT2D eigenvalue weighted by atomic mass is 10.3. The van der Waals surface area contributed by atoms with Crippen molar-refractivity contribution in [3.63, 3.8) is 0 Å².